The van der Waals surface area contributed by atoms with E-state index in [1.807, 2.05) is 25.1 Å². The van der Waals surface area contributed by atoms with Gasteiger partial charge in [-0.15, -0.1) is 0 Å². The molecule has 7 nitrogen and oxygen atoms in total. The average Bonchev–Trinajstić information content (AvgIpc) is 2.49. The second-order valence-corrected chi connectivity index (χ2v) is 7.38. The van der Waals surface area contributed by atoms with Crippen molar-refractivity contribution in [3.8, 4) is 5.75 Å². The minimum atomic E-state index is -0.710. The fraction of sp³-hybridized carbons (Fsp3) is 0.526. The van der Waals surface area contributed by atoms with Crippen LogP contribution in [0.1, 0.15) is 51.7 Å². The summed E-state index contributed by atoms with van der Waals surface area (Å²) in [5.74, 6) is -0.459. The summed E-state index contributed by atoms with van der Waals surface area (Å²) in [5, 5.41) is 4.66. The van der Waals surface area contributed by atoms with Gasteiger partial charge < -0.3 is 14.8 Å². The smallest absolute Gasteiger partial charge is 0.344 e. The monoisotopic (exact) mass is 364 g/mol. The number of aryl methyl sites for hydroxylation is 1. The van der Waals surface area contributed by atoms with Gasteiger partial charge in [-0.2, -0.15) is 0 Å². The van der Waals surface area contributed by atoms with Gasteiger partial charge >= 0.3 is 12.0 Å². The molecule has 0 aliphatic rings. The third kappa shape index (κ3) is 8.00. The quantitative estimate of drug-likeness (QED) is 0.757. The largest absolute Gasteiger partial charge is 0.482 e. The van der Waals surface area contributed by atoms with Gasteiger partial charge in [-0.25, -0.2) is 9.59 Å². The predicted molar refractivity (Wildman–Crippen MR) is 98.1 cm³/mol. The maximum Gasteiger partial charge on any atom is 0.344 e. The topological polar surface area (TPSA) is 93.7 Å². The molecule has 26 heavy (non-hydrogen) atoms. The Morgan fingerprint density at radius 2 is 1.77 bits per heavy atom. The lowest BCUT2D eigenvalue weighted by atomic mass is 10.0. The van der Waals surface area contributed by atoms with Crippen LogP contribution in [0.25, 0.3) is 0 Å². The molecule has 7 heteroatoms. The molecule has 1 aromatic rings. The van der Waals surface area contributed by atoms with Gasteiger partial charge in [0.2, 0.25) is 0 Å². The molecule has 0 saturated carbocycles. The van der Waals surface area contributed by atoms with Crippen molar-refractivity contribution >= 4 is 17.9 Å². The number of rotatable bonds is 6. The number of nitrogens with one attached hydrogen (secondary N) is 2. The van der Waals surface area contributed by atoms with Crippen LogP contribution in [0.3, 0.4) is 0 Å². The zero-order chi connectivity index (χ0) is 19.9. The van der Waals surface area contributed by atoms with E-state index in [-0.39, 0.29) is 6.61 Å². The van der Waals surface area contributed by atoms with Gasteiger partial charge in [0.15, 0.2) is 13.2 Å². The highest BCUT2D eigenvalue weighted by Gasteiger charge is 2.17. The fourth-order valence-corrected chi connectivity index (χ4v) is 1.99. The van der Waals surface area contributed by atoms with Crippen molar-refractivity contribution in [2.24, 2.45) is 0 Å². The highest BCUT2D eigenvalue weighted by Crippen LogP contribution is 2.24. The molecule has 0 aliphatic carbocycles. The Hall–Kier alpha value is -2.57. The molecule has 0 saturated heterocycles. The molecule has 0 unspecified atom stereocenters. The standard InChI is InChI=1S/C19H28N2O5/c1-12(2)14-8-7-13(3)15(9-14)25-11-17(23)26-10-16(22)20-18(24)21-19(4,5)6/h7-9,12H,10-11H2,1-6H3,(H2,20,21,22,24). The molecular weight excluding hydrogens is 336 g/mol. The van der Waals surface area contributed by atoms with Gasteiger partial charge in [0.25, 0.3) is 5.91 Å². The van der Waals surface area contributed by atoms with Gasteiger partial charge in [0.05, 0.1) is 0 Å². The van der Waals surface area contributed by atoms with E-state index in [1.54, 1.807) is 20.8 Å². The van der Waals surface area contributed by atoms with Gasteiger partial charge in [-0.1, -0.05) is 26.0 Å². The van der Waals surface area contributed by atoms with Crippen LogP contribution in [-0.4, -0.2) is 36.7 Å². The van der Waals surface area contributed by atoms with E-state index in [2.05, 4.69) is 24.5 Å². The summed E-state index contributed by atoms with van der Waals surface area (Å²) in [7, 11) is 0. The number of urea groups is 1. The third-order valence-corrected chi connectivity index (χ3v) is 3.33. The van der Waals surface area contributed by atoms with E-state index in [9.17, 15) is 14.4 Å². The Balaban J connectivity index is 2.42. The van der Waals surface area contributed by atoms with Crippen LogP contribution in [0, 0.1) is 6.92 Å². The molecule has 0 heterocycles. The Bertz CT molecular complexity index is 662. The Labute approximate surface area is 154 Å². The van der Waals surface area contributed by atoms with Crippen LogP contribution >= 0.6 is 0 Å². The second kappa shape index (κ2) is 9.22. The molecule has 0 aliphatic heterocycles. The molecular formula is C19H28N2O5. The molecule has 0 spiro atoms. The zero-order valence-electron chi connectivity index (χ0n) is 16.3. The van der Waals surface area contributed by atoms with Crippen molar-refractivity contribution in [3.63, 3.8) is 0 Å². The maximum atomic E-state index is 11.7. The molecule has 144 valence electrons. The van der Waals surface area contributed by atoms with Crippen molar-refractivity contribution in [1.82, 2.24) is 10.6 Å². The molecule has 0 aromatic heterocycles. The van der Waals surface area contributed by atoms with Gasteiger partial charge in [-0.05, 0) is 50.8 Å². The summed E-state index contributed by atoms with van der Waals surface area (Å²) >= 11 is 0. The number of carbonyl (C=O) groups excluding carboxylic acids is 3. The van der Waals surface area contributed by atoms with Crippen molar-refractivity contribution in [1.29, 1.82) is 0 Å². The normalized spacial score (nSPS) is 11.0. The fourth-order valence-electron chi connectivity index (χ4n) is 1.99. The molecule has 1 aromatic carbocycles. The van der Waals surface area contributed by atoms with Crippen molar-refractivity contribution in [2.75, 3.05) is 13.2 Å². The van der Waals surface area contributed by atoms with E-state index >= 15 is 0 Å². The summed E-state index contributed by atoms with van der Waals surface area (Å²) < 4.78 is 10.3. The Morgan fingerprint density at radius 3 is 2.35 bits per heavy atom. The number of hydrogen-bond donors (Lipinski definition) is 2. The van der Waals surface area contributed by atoms with Crippen LogP contribution in [0.4, 0.5) is 4.79 Å². The van der Waals surface area contributed by atoms with Crippen molar-refractivity contribution in [2.45, 2.75) is 53.0 Å². The number of imide groups is 1. The Kier molecular flexibility index (Phi) is 7.61. The lowest BCUT2D eigenvalue weighted by Gasteiger charge is -2.20. The first-order valence-electron chi connectivity index (χ1n) is 8.49. The van der Waals surface area contributed by atoms with E-state index in [0.717, 1.165) is 11.1 Å². The Morgan fingerprint density at radius 1 is 1.12 bits per heavy atom. The lowest BCUT2D eigenvalue weighted by Crippen LogP contribution is -2.49. The number of amides is 3. The van der Waals surface area contributed by atoms with E-state index in [0.29, 0.717) is 11.7 Å². The third-order valence-electron chi connectivity index (χ3n) is 3.33. The van der Waals surface area contributed by atoms with E-state index in [1.165, 1.54) is 0 Å². The number of carbonyl (C=O) groups is 3. The van der Waals surface area contributed by atoms with Crippen LogP contribution in [0.15, 0.2) is 18.2 Å². The number of benzene rings is 1. The summed E-state index contributed by atoms with van der Waals surface area (Å²) in [6, 6.07) is 5.18. The first-order valence-corrected chi connectivity index (χ1v) is 8.49. The molecule has 0 atom stereocenters. The van der Waals surface area contributed by atoms with Crippen LogP contribution in [0.2, 0.25) is 0 Å². The molecule has 2 N–H and O–H groups in total. The molecule has 0 fully saturated rings. The minimum Gasteiger partial charge on any atom is -0.482 e. The summed E-state index contributed by atoms with van der Waals surface area (Å²) in [6.45, 7) is 10.5. The van der Waals surface area contributed by atoms with Crippen LogP contribution in [-0.2, 0) is 14.3 Å². The van der Waals surface area contributed by atoms with Crippen LogP contribution < -0.4 is 15.4 Å². The zero-order valence-corrected chi connectivity index (χ0v) is 16.3. The first-order chi connectivity index (χ1) is 12.0. The average molecular weight is 364 g/mol. The SMILES string of the molecule is Cc1ccc(C(C)C)cc1OCC(=O)OCC(=O)NC(=O)NC(C)(C)C. The molecule has 0 radical (unpaired) electrons. The summed E-state index contributed by atoms with van der Waals surface area (Å²) in [5.41, 5.74) is 1.53. The first kappa shape index (κ1) is 21.5. The maximum absolute atomic E-state index is 11.7. The van der Waals surface area contributed by atoms with E-state index < -0.39 is 30.1 Å². The minimum absolute atomic E-state index is 0.316. The number of esters is 1. The highest BCUT2D eigenvalue weighted by molar-refractivity contribution is 5.95. The van der Waals surface area contributed by atoms with Crippen molar-refractivity contribution < 1.29 is 23.9 Å². The number of ether oxygens (including phenoxy) is 2. The summed E-state index contributed by atoms with van der Waals surface area (Å²) in [6.07, 6.45) is 0. The number of hydrogen-bond acceptors (Lipinski definition) is 5. The summed E-state index contributed by atoms with van der Waals surface area (Å²) in [4.78, 5) is 34.9. The van der Waals surface area contributed by atoms with Gasteiger partial charge in [-0.3, -0.25) is 10.1 Å². The van der Waals surface area contributed by atoms with Gasteiger partial charge in [0.1, 0.15) is 5.75 Å². The molecule has 3 amide bonds. The van der Waals surface area contributed by atoms with E-state index in [4.69, 9.17) is 9.47 Å². The molecule has 0 bridgehead atoms. The van der Waals surface area contributed by atoms with Gasteiger partial charge in [0, 0.05) is 5.54 Å². The molecule has 1 rings (SSSR count). The van der Waals surface area contributed by atoms with Crippen molar-refractivity contribution in [3.05, 3.63) is 29.3 Å². The second-order valence-electron chi connectivity index (χ2n) is 7.38. The predicted octanol–water partition coefficient (Wildman–Crippen LogP) is 2.66. The van der Waals surface area contributed by atoms with Crippen LogP contribution in [0.5, 0.6) is 5.75 Å². The lowest BCUT2D eigenvalue weighted by molar-refractivity contribution is -0.150. The highest BCUT2D eigenvalue weighted by atomic mass is 16.6.